The number of benzene rings is 2. The molecule has 5 rings (SSSR count). The van der Waals surface area contributed by atoms with Gasteiger partial charge in [0.2, 0.25) is 5.95 Å². The Morgan fingerprint density at radius 3 is 2.56 bits per heavy atom. The number of fused-ring (bicyclic) bond motifs is 1. The summed E-state index contributed by atoms with van der Waals surface area (Å²) in [5.74, 6) is -0.319. The van der Waals surface area contributed by atoms with Gasteiger partial charge in [-0.1, -0.05) is 12.1 Å². The number of H-pyrrole nitrogens is 1. The summed E-state index contributed by atoms with van der Waals surface area (Å²) in [4.78, 5) is 35.4. The van der Waals surface area contributed by atoms with Gasteiger partial charge in [0, 0.05) is 0 Å². The van der Waals surface area contributed by atoms with E-state index in [9.17, 15) is 14.7 Å². The number of ketones is 1. The van der Waals surface area contributed by atoms with Crippen LogP contribution in [0.4, 0.5) is 5.95 Å². The van der Waals surface area contributed by atoms with Crippen LogP contribution in [-0.2, 0) is 9.59 Å². The molecule has 0 bridgehead atoms. The van der Waals surface area contributed by atoms with Crippen molar-refractivity contribution < 1.29 is 28.6 Å². The van der Waals surface area contributed by atoms with E-state index in [2.05, 4.69) is 9.97 Å². The first-order valence-corrected chi connectivity index (χ1v) is 10.5. The maximum Gasteiger partial charge on any atom is 0.302 e. The predicted molar refractivity (Wildman–Crippen MR) is 124 cm³/mol. The van der Waals surface area contributed by atoms with E-state index in [1.165, 1.54) is 25.2 Å². The number of nitrogens with one attached hydrogen (secondary N) is 1. The highest BCUT2D eigenvalue weighted by atomic mass is 16.5. The molecule has 9 nitrogen and oxygen atoms in total. The van der Waals surface area contributed by atoms with Gasteiger partial charge in [0.1, 0.15) is 34.8 Å². The Balaban J connectivity index is 1.75. The maximum absolute atomic E-state index is 13.3. The summed E-state index contributed by atoms with van der Waals surface area (Å²) in [6, 6.07) is 14.4. The number of aliphatic hydroxyl groups is 1. The third-order valence-electron chi connectivity index (χ3n) is 5.74. The summed E-state index contributed by atoms with van der Waals surface area (Å²) in [5.41, 5.74) is 1.38. The minimum atomic E-state index is -1.05. The van der Waals surface area contributed by atoms with Gasteiger partial charge in [0.05, 0.1) is 36.4 Å². The third kappa shape index (κ3) is 3.29. The lowest BCUT2D eigenvalue weighted by molar-refractivity contribution is -0.132. The number of aliphatic hydroxyl groups excluding tert-OH is 1. The molecule has 3 heterocycles. The molecule has 0 saturated carbocycles. The van der Waals surface area contributed by atoms with Crippen LogP contribution >= 0.6 is 0 Å². The van der Waals surface area contributed by atoms with Crippen LogP contribution in [0.5, 0.6) is 11.5 Å². The molecular formula is C25H21N3O6. The van der Waals surface area contributed by atoms with Crippen LogP contribution in [0.1, 0.15) is 23.1 Å². The van der Waals surface area contributed by atoms with E-state index >= 15 is 0 Å². The van der Waals surface area contributed by atoms with Crippen molar-refractivity contribution in [3.63, 3.8) is 0 Å². The van der Waals surface area contributed by atoms with Crippen molar-refractivity contribution in [1.29, 1.82) is 0 Å². The van der Waals surface area contributed by atoms with Gasteiger partial charge in [0.15, 0.2) is 0 Å². The van der Waals surface area contributed by atoms with E-state index in [0.29, 0.717) is 34.1 Å². The second-order valence-corrected chi connectivity index (χ2v) is 7.76. The highest BCUT2D eigenvalue weighted by Crippen LogP contribution is 2.43. The Morgan fingerprint density at radius 1 is 1.09 bits per heavy atom. The summed E-state index contributed by atoms with van der Waals surface area (Å²) < 4.78 is 16.5. The molecule has 1 saturated heterocycles. The third-order valence-corrected chi connectivity index (χ3v) is 5.74. The molecule has 4 aromatic rings. The van der Waals surface area contributed by atoms with Crippen molar-refractivity contribution in [3.8, 4) is 11.5 Å². The average molecular weight is 459 g/mol. The fourth-order valence-electron chi connectivity index (χ4n) is 4.12. The van der Waals surface area contributed by atoms with Gasteiger partial charge in [-0.2, -0.15) is 0 Å². The van der Waals surface area contributed by atoms with Gasteiger partial charge in [-0.3, -0.25) is 14.5 Å². The monoisotopic (exact) mass is 459 g/mol. The van der Waals surface area contributed by atoms with Gasteiger partial charge in [-0.15, -0.1) is 0 Å². The van der Waals surface area contributed by atoms with E-state index in [1.807, 2.05) is 18.2 Å². The van der Waals surface area contributed by atoms with Crippen molar-refractivity contribution in [2.24, 2.45) is 0 Å². The van der Waals surface area contributed by atoms with E-state index in [-0.39, 0.29) is 17.1 Å². The zero-order valence-electron chi connectivity index (χ0n) is 18.7. The Bertz CT molecular complexity index is 1430. The minimum absolute atomic E-state index is 0.147. The van der Waals surface area contributed by atoms with E-state index in [4.69, 9.17) is 13.9 Å². The van der Waals surface area contributed by atoms with Gasteiger partial charge < -0.3 is 24.0 Å². The number of imidazole rings is 1. The summed E-state index contributed by atoms with van der Waals surface area (Å²) >= 11 is 0. The molecule has 34 heavy (non-hydrogen) atoms. The number of nitrogens with zero attached hydrogens (tertiary/aromatic N) is 2. The SMILES string of the molecule is COc1ccc(OC)c(/C(O)=C2\C(=O)C(=O)N(c3nc4ccccc4[nH]3)C2c2ccc(C)o2)c1. The number of carbonyl (C=O) groups excluding carboxylic acids is 2. The number of rotatable bonds is 5. The number of aromatic amines is 1. The number of para-hydroxylation sites is 2. The second-order valence-electron chi connectivity index (χ2n) is 7.76. The van der Waals surface area contributed by atoms with E-state index in [1.54, 1.807) is 37.3 Å². The van der Waals surface area contributed by atoms with Gasteiger partial charge in [-0.05, 0) is 49.4 Å². The van der Waals surface area contributed by atoms with Gasteiger partial charge in [0.25, 0.3) is 5.78 Å². The molecule has 9 heteroatoms. The minimum Gasteiger partial charge on any atom is -0.507 e. The molecule has 0 radical (unpaired) electrons. The normalized spacial score (nSPS) is 17.5. The number of amides is 1. The number of aryl methyl sites for hydroxylation is 1. The first-order chi connectivity index (χ1) is 16.4. The lowest BCUT2D eigenvalue weighted by atomic mass is 9.98. The molecule has 1 amide bonds. The summed E-state index contributed by atoms with van der Waals surface area (Å²) in [6.07, 6.45) is 0. The summed E-state index contributed by atoms with van der Waals surface area (Å²) in [5, 5.41) is 11.4. The topological polar surface area (TPSA) is 118 Å². The van der Waals surface area contributed by atoms with Gasteiger partial charge >= 0.3 is 5.91 Å². The van der Waals surface area contributed by atoms with Crippen LogP contribution in [0.2, 0.25) is 0 Å². The number of Topliss-reactive ketones (excluding diaryl/α,β-unsaturated/α-hetero) is 1. The molecular weight excluding hydrogens is 438 g/mol. The molecule has 1 aliphatic rings. The first kappa shape index (κ1) is 21.3. The number of carbonyl (C=O) groups is 2. The second kappa shape index (κ2) is 8.11. The Labute approximate surface area is 194 Å². The molecule has 1 atom stereocenters. The molecule has 0 spiro atoms. The number of aromatic nitrogens is 2. The lowest BCUT2D eigenvalue weighted by Crippen LogP contribution is -2.30. The Morgan fingerprint density at radius 2 is 1.88 bits per heavy atom. The smallest absolute Gasteiger partial charge is 0.302 e. The van der Waals surface area contributed by atoms with E-state index in [0.717, 1.165) is 0 Å². The van der Waals surface area contributed by atoms with E-state index < -0.39 is 23.5 Å². The summed E-state index contributed by atoms with van der Waals surface area (Å²) in [6.45, 7) is 1.75. The predicted octanol–water partition coefficient (Wildman–Crippen LogP) is 4.11. The van der Waals surface area contributed by atoms with Crippen molar-refractivity contribution in [2.45, 2.75) is 13.0 Å². The largest absolute Gasteiger partial charge is 0.507 e. The molecule has 2 aromatic heterocycles. The number of ether oxygens (including phenoxy) is 2. The van der Waals surface area contributed by atoms with Gasteiger partial charge in [-0.25, -0.2) is 4.98 Å². The highest BCUT2D eigenvalue weighted by molar-refractivity contribution is 6.51. The van der Waals surface area contributed by atoms with Crippen LogP contribution in [0, 0.1) is 6.92 Å². The molecule has 0 aliphatic carbocycles. The first-order valence-electron chi connectivity index (χ1n) is 10.5. The van der Waals surface area contributed by atoms with Crippen molar-refractivity contribution in [1.82, 2.24) is 9.97 Å². The van der Waals surface area contributed by atoms with Crippen LogP contribution in [0.3, 0.4) is 0 Å². The number of hydrogen-bond donors (Lipinski definition) is 2. The lowest BCUT2D eigenvalue weighted by Gasteiger charge is -2.21. The fraction of sp³-hybridized carbons (Fsp3) is 0.160. The zero-order chi connectivity index (χ0) is 24.0. The summed E-state index contributed by atoms with van der Waals surface area (Å²) in [7, 11) is 2.93. The van der Waals surface area contributed by atoms with Crippen LogP contribution < -0.4 is 14.4 Å². The maximum atomic E-state index is 13.3. The van der Waals surface area contributed by atoms with Crippen LogP contribution in [-0.4, -0.2) is 41.0 Å². The standard InChI is InChI=1S/C25H21N3O6/c1-13-8-10-19(34-13)21-20(22(29)15-12-14(32-2)9-11-18(15)33-3)23(30)24(31)28(21)25-26-16-6-4-5-7-17(16)27-25/h4-12,21,29H,1-3H3,(H,26,27)/b22-20+. The average Bonchev–Trinajstić information content (AvgIpc) is 3.54. The highest BCUT2D eigenvalue weighted by Gasteiger charge is 2.49. The van der Waals surface area contributed by atoms with Crippen molar-refractivity contribution >= 4 is 34.4 Å². The zero-order valence-corrected chi connectivity index (χ0v) is 18.7. The van der Waals surface area contributed by atoms with Crippen molar-refractivity contribution in [3.05, 3.63) is 77.3 Å². The molecule has 1 fully saturated rings. The quantitative estimate of drug-likeness (QED) is 0.262. The number of hydrogen-bond acceptors (Lipinski definition) is 7. The van der Waals surface area contributed by atoms with Crippen LogP contribution in [0.25, 0.3) is 16.8 Å². The molecule has 2 N–H and O–H groups in total. The number of anilines is 1. The molecule has 2 aromatic carbocycles. The Hall–Kier alpha value is -4.53. The number of furan rings is 1. The number of methoxy groups -OCH3 is 2. The molecule has 172 valence electrons. The molecule has 1 aliphatic heterocycles. The van der Waals surface area contributed by atoms with Crippen LogP contribution in [0.15, 0.2) is 64.6 Å². The Kier molecular flexibility index (Phi) is 5.09. The fourth-order valence-corrected chi connectivity index (χ4v) is 4.12. The molecule has 1 unspecified atom stereocenters. The van der Waals surface area contributed by atoms with Crippen molar-refractivity contribution in [2.75, 3.05) is 19.1 Å².